The summed E-state index contributed by atoms with van der Waals surface area (Å²) in [5.41, 5.74) is 1.51. The van der Waals surface area contributed by atoms with Crippen LogP contribution in [0.1, 0.15) is 28.3 Å². The van der Waals surface area contributed by atoms with Gasteiger partial charge < -0.3 is 19.3 Å². The monoisotopic (exact) mass is 446 g/mol. The summed E-state index contributed by atoms with van der Waals surface area (Å²) in [4.78, 5) is 29.3. The number of nitrogens with zero attached hydrogens (tertiary/aromatic N) is 2. The van der Waals surface area contributed by atoms with E-state index in [-0.39, 0.29) is 30.4 Å². The summed E-state index contributed by atoms with van der Waals surface area (Å²) in [6.07, 6.45) is 0.843. The summed E-state index contributed by atoms with van der Waals surface area (Å²) in [7, 11) is 0. The minimum atomic E-state index is -0.153. The van der Waals surface area contributed by atoms with Crippen LogP contribution in [-0.4, -0.2) is 54.6 Å². The van der Waals surface area contributed by atoms with Gasteiger partial charge in [0.1, 0.15) is 0 Å². The molecule has 0 unspecified atom stereocenters. The van der Waals surface area contributed by atoms with Gasteiger partial charge in [-0.15, -0.1) is 0 Å². The molecule has 30 heavy (non-hydrogen) atoms. The SMILES string of the molecule is O=C(c1cc(Cl)ccc1Cl)N1CCN(C(=O)[C@H]2C[C@@H]2c2ccc3c(c2)OCO3)CC1. The minimum Gasteiger partial charge on any atom is -0.454 e. The molecule has 1 aliphatic carbocycles. The summed E-state index contributed by atoms with van der Waals surface area (Å²) in [5, 5.41) is 0.854. The second kappa shape index (κ2) is 7.67. The zero-order valence-corrected chi connectivity index (χ0v) is 17.7. The molecule has 0 aromatic heterocycles. The lowest BCUT2D eigenvalue weighted by Crippen LogP contribution is -2.51. The Kier molecular flexibility index (Phi) is 4.99. The highest BCUT2D eigenvalue weighted by Crippen LogP contribution is 2.50. The molecule has 2 amide bonds. The lowest BCUT2D eigenvalue weighted by Gasteiger charge is -2.35. The number of amides is 2. The van der Waals surface area contributed by atoms with Crippen LogP contribution < -0.4 is 9.47 Å². The molecule has 156 valence electrons. The van der Waals surface area contributed by atoms with Gasteiger partial charge in [-0.2, -0.15) is 0 Å². The van der Waals surface area contributed by atoms with Crippen LogP contribution in [0.15, 0.2) is 36.4 Å². The number of hydrogen-bond donors (Lipinski definition) is 0. The summed E-state index contributed by atoms with van der Waals surface area (Å²) < 4.78 is 10.8. The average molecular weight is 447 g/mol. The molecule has 0 radical (unpaired) electrons. The maximum absolute atomic E-state index is 13.0. The van der Waals surface area contributed by atoms with E-state index in [9.17, 15) is 9.59 Å². The van der Waals surface area contributed by atoms with Gasteiger partial charge in [-0.3, -0.25) is 9.59 Å². The first-order valence-electron chi connectivity index (χ1n) is 9.94. The van der Waals surface area contributed by atoms with Crippen LogP contribution >= 0.6 is 23.2 Å². The smallest absolute Gasteiger partial charge is 0.255 e. The number of fused-ring (bicyclic) bond motifs is 1. The molecule has 2 aromatic carbocycles. The van der Waals surface area contributed by atoms with Crippen molar-refractivity contribution in [1.29, 1.82) is 0 Å². The van der Waals surface area contributed by atoms with E-state index >= 15 is 0 Å². The summed E-state index contributed by atoms with van der Waals surface area (Å²) >= 11 is 12.2. The van der Waals surface area contributed by atoms with Crippen molar-refractivity contribution in [3.8, 4) is 11.5 Å². The van der Waals surface area contributed by atoms with Crippen LogP contribution in [-0.2, 0) is 4.79 Å². The van der Waals surface area contributed by atoms with Crippen molar-refractivity contribution in [2.45, 2.75) is 12.3 Å². The second-order valence-corrected chi connectivity index (χ2v) is 8.65. The Morgan fingerprint density at radius 1 is 0.900 bits per heavy atom. The van der Waals surface area contributed by atoms with Gasteiger partial charge in [0, 0.05) is 37.1 Å². The lowest BCUT2D eigenvalue weighted by atomic mass is 10.1. The Balaban J connectivity index is 1.19. The summed E-state index contributed by atoms with van der Waals surface area (Å²) in [6.45, 7) is 2.25. The predicted molar refractivity (Wildman–Crippen MR) is 112 cm³/mol. The summed E-state index contributed by atoms with van der Waals surface area (Å²) in [5.74, 6) is 1.72. The molecule has 3 aliphatic rings. The van der Waals surface area contributed by atoms with Gasteiger partial charge in [0.05, 0.1) is 10.6 Å². The normalized spacial score (nSPS) is 22.2. The Morgan fingerprint density at radius 2 is 1.63 bits per heavy atom. The van der Waals surface area contributed by atoms with Crippen LogP contribution in [0.2, 0.25) is 10.0 Å². The maximum atomic E-state index is 13.0. The van der Waals surface area contributed by atoms with Crippen molar-refractivity contribution in [2.24, 2.45) is 5.92 Å². The molecule has 1 saturated heterocycles. The van der Waals surface area contributed by atoms with Crippen molar-refractivity contribution in [1.82, 2.24) is 9.80 Å². The zero-order chi connectivity index (χ0) is 20.8. The molecule has 2 heterocycles. The van der Waals surface area contributed by atoms with E-state index in [1.54, 1.807) is 23.1 Å². The molecule has 2 aromatic rings. The van der Waals surface area contributed by atoms with Gasteiger partial charge in [0.15, 0.2) is 11.5 Å². The fraction of sp³-hybridized carbons (Fsp3) is 0.364. The second-order valence-electron chi connectivity index (χ2n) is 7.80. The van der Waals surface area contributed by atoms with Gasteiger partial charge in [-0.1, -0.05) is 29.3 Å². The Bertz CT molecular complexity index is 1020. The molecule has 2 atom stereocenters. The van der Waals surface area contributed by atoms with Crippen molar-refractivity contribution in [3.05, 3.63) is 57.6 Å². The first kappa shape index (κ1) is 19.5. The van der Waals surface area contributed by atoms with E-state index < -0.39 is 0 Å². The van der Waals surface area contributed by atoms with E-state index in [1.807, 2.05) is 23.1 Å². The standard InChI is InChI=1S/C22H20Cl2N2O4/c23-14-2-3-18(24)17(10-14)22(28)26-7-5-25(6-8-26)21(27)16-11-15(16)13-1-4-19-20(9-13)30-12-29-19/h1-4,9-10,15-16H,5-8,11-12H2/t15-,16+/m1/s1. The minimum absolute atomic E-state index is 0.00463. The number of ether oxygens (including phenoxy) is 2. The van der Waals surface area contributed by atoms with Crippen LogP contribution in [0, 0.1) is 5.92 Å². The van der Waals surface area contributed by atoms with E-state index in [1.165, 1.54) is 0 Å². The quantitative estimate of drug-likeness (QED) is 0.718. The molecule has 0 N–H and O–H groups in total. The van der Waals surface area contributed by atoms with Crippen LogP contribution in [0.3, 0.4) is 0 Å². The number of benzene rings is 2. The molecular formula is C22H20Cl2N2O4. The molecule has 6 nitrogen and oxygen atoms in total. The number of piperazine rings is 1. The third kappa shape index (κ3) is 3.59. The summed E-state index contributed by atoms with van der Waals surface area (Å²) in [6, 6.07) is 10.8. The van der Waals surface area contributed by atoms with Crippen molar-refractivity contribution >= 4 is 35.0 Å². The lowest BCUT2D eigenvalue weighted by molar-refractivity contribution is -0.134. The van der Waals surface area contributed by atoms with Gasteiger partial charge in [0.2, 0.25) is 12.7 Å². The molecule has 2 aliphatic heterocycles. The van der Waals surface area contributed by atoms with E-state index in [0.29, 0.717) is 41.8 Å². The highest BCUT2D eigenvalue weighted by atomic mass is 35.5. The van der Waals surface area contributed by atoms with Crippen molar-refractivity contribution in [3.63, 3.8) is 0 Å². The van der Waals surface area contributed by atoms with Gasteiger partial charge in [-0.05, 0) is 48.2 Å². The predicted octanol–water partition coefficient (Wildman–Crippen LogP) is 3.81. The number of rotatable bonds is 3. The van der Waals surface area contributed by atoms with E-state index in [4.69, 9.17) is 32.7 Å². The third-order valence-electron chi connectivity index (χ3n) is 5.97. The molecule has 2 fully saturated rings. The molecule has 0 spiro atoms. The first-order chi connectivity index (χ1) is 14.5. The Labute approximate surface area is 184 Å². The molecular weight excluding hydrogens is 427 g/mol. The zero-order valence-electron chi connectivity index (χ0n) is 16.1. The van der Waals surface area contributed by atoms with Crippen LogP contribution in [0.4, 0.5) is 0 Å². The molecule has 8 heteroatoms. The van der Waals surface area contributed by atoms with Crippen LogP contribution in [0.5, 0.6) is 11.5 Å². The number of carbonyl (C=O) groups excluding carboxylic acids is 2. The topological polar surface area (TPSA) is 59.1 Å². The highest BCUT2D eigenvalue weighted by molar-refractivity contribution is 6.35. The fourth-order valence-corrected chi connectivity index (χ4v) is 4.55. The third-order valence-corrected chi connectivity index (χ3v) is 6.53. The fourth-order valence-electron chi connectivity index (χ4n) is 4.18. The van der Waals surface area contributed by atoms with Crippen molar-refractivity contribution in [2.75, 3.05) is 33.0 Å². The maximum Gasteiger partial charge on any atom is 0.255 e. The van der Waals surface area contributed by atoms with Gasteiger partial charge in [0.25, 0.3) is 5.91 Å². The Hall–Kier alpha value is -2.44. The number of carbonyl (C=O) groups is 2. The number of hydrogen-bond acceptors (Lipinski definition) is 4. The highest BCUT2D eigenvalue weighted by Gasteiger charge is 2.46. The van der Waals surface area contributed by atoms with E-state index in [0.717, 1.165) is 23.5 Å². The average Bonchev–Trinajstić information content (AvgIpc) is 3.43. The molecule has 0 bridgehead atoms. The van der Waals surface area contributed by atoms with Crippen molar-refractivity contribution < 1.29 is 19.1 Å². The largest absolute Gasteiger partial charge is 0.454 e. The Morgan fingerprint density at radius 3 is 2.43 bits per heavy atom. The van der Waals surface area contributed by atoms with Crippen LogP contribution in [0.25, 0.3) is 0 Å². The van der Waals surface area contributed by atoms with E-state index in [2.05, 4.69) is 0 Å². The number of halogens is 2. The molecule has 1 saturated carbocycles. The van der Waals surface area contributed by atoms with Gasteiger partial charge >= 0.3 is 0 Å². The molecule has 5 rings (SSSR count). The van der Waals surface area contributed by atoms with Gasteiger partial charge in [-0.25, -0.2) is 0 Å². The first-order valence-corrected chi connectivity index (χ1v) is 10.7.